The molecule has 0 radical (unpaired) electrons. The molecule has 0 heterocycles. The second kappa shape index (κ2) is 4.76. The van der Waals surface area contributed by atoms with Crippen LogP contribution in [0.15, 0.2) is 23.1 Å². The molecule has 0 saturated carbocycles. The summed E-state index contributed by atoms with van der Waals surface area (Å²) in [4.78, 5) is 11.0. The highest BCUT2D eigenvalue weighted by Crippen LogP contribution is 2.31. The van der Waals surface area contributed by atoms with Gasteiger partial charge < -0.3 is 14.6 Å². The number of methoxy groups -OCH3 is 2. The van der Waals surface area contributed by atoms with Gasteiger partial charge in [0.15, 0.2) is 11.5 Å². The highest BCUT2D eigenvalue weighted by Gasteiger charge is 2.07. The Morgan fingerprint density at radius 2 is 1.93 bits per heavy atom. The van der Waals surface area contributed by atoms with E-state index < -0.39 is 5.30 Å². The number of ether oxygens (including phenoxy) is 2. The molecule has 0 amide bonds. The molecule has 1 aromatic carbocycles. The lowest BCUT2D eigenvalue weighted by Gasteiger charge is -2.07. The van der Waals surface area contributed by atoms with E-state index >= 15 is 0 Å². The minimum absolute atomic E-state index is 0.527. The number of hydrogen-bond donors (Lipinski definition) is 1. The third-order valence-corrected chi connectivity index (χ3v) is 2.22. The van der Waals surface area contributed by atoms with Crippen molar-refractivity contribution >= 4 is 17.1 Å². The summed E-state index contributed by atoms with van der Waals surface area (Å²) >= 11 is 0.728. The van der Waals surface area contributed by atoms with Crippen molar-refractivity contribution in [3.8, 4) is 11.5 Å². The maximum Gasteiger partial charge on any atom is 0.369 e. The van der Waals surface area contributed by atoms with E-state index in [1.165, 1.54) is 14.2 Å². The maximum atomic E-state index is 10.4. The largest absolute Gasteiger partial charge is 0.493 e. The van der Waals surface area contributed by atoms with Crippen LogP contribution >= 0.6 is 11.8 Å². The molecule has 0 aromatic heterocycles. The Labute approximate surface area is 85.8 Å². The molecule has 76 valence electrons. The van der Waals surface area contributed by atoms with Gasteiger partial charge >= 0.3 is 5.30 Å². The molecule has 0 bridgehead atoms. The second-order valence-corrected chi connectivity index (χ2v) is 3.41. The van der Waals surface area contributed by atoms with Crippen LogP contribution in [0.4, 0.5) is 4.79 Å². The van der Waals surface area contributed by atoms with E-state index in [1.807, 2.05) is 0 Å². The molecule has 0 aliphatic carbocycles. The van der Waals surface area contributed by atoms with Crippen LogP contribution in [-0.4, -0.2) is 24.6 Å². The van der Waals surface area contributed by atoms with Gasteiger partial charge in [-0.3, -0.25) is 0 Å². The van der Waals surface area contributed by atoms with Crippen molar-refractivity contribution in [3.05, 3.63) is 18.2 Å². The molecule has 0 fully saturated rings. The molecule has 1 rings (SSSR count). The fourth-order valence-corrected chi connectivity index (χ4v) is 1.48. The molecule has 0 atom stereocenters. The summed E-state index contributed by atoms with van der Waals surface area (Å²) in [5.74, 6) is 1.11. The summed E-state index contributed by atoms with van der Waals surface area (Å²) in [5.41, 5.74) is 0. The van der Waals surface area contributed by atoms with Crippen LogP contribution in [0, 0.1) is 0 Å². The topological polar surface area (TPSA) is 55.8 Å². The van der Waals surface area contributed by atoms with Crippen molar-refractivity contribution in [2.75, 3.05) is 14.2 Å². The molecule has 0 spiro atoms. The van der Waals surface area contributed by atoms with Crippen molar-refractivity contribution < 1.29 is 19.4 Å². The Morgan fingerprint density at radius 3 is 2.43 bits per heavy atom. The molecule has 0 saturated heterocycles. The van der Waals surface area contributed by atoms with E-state index in [9.17, 15) is 4.79 Å². The number of carbonyl (C=O) groups is 1. The van der Waals surface area contributed by atoms with Crippen LogP contribution in [0.1, 0.15) is 0 Å². The number of thioether (sulfide) groups is 1. The SMILES string of the molecule is COc1ccc(SC(=O)O)cc1OC. The van der Waals surface area contributed by atoms with Crippen LogP contribution in [0.25, 0.3) is 0 Å². The quantitative estimate of drug-likeness (QED) is 0.783. The standard InChI is InChI=1S/C9H10O4S/c1-12-7-4-3-6(14-9(10)11)5-8(7)13-2/h3-5H,1-2H3,(H,10,11). The van der Waals surface area contributed by atoms with Crippen molar-refractivity contribution in [1.82, 2.24) is 0 Å². The van der Waals surface area contributed by atoms with Gasteiger partial charge in [0.2, 0.25) is 0 Å². The molecule has 14 heavy (non-hydrogen) atoms. The monoisotopic (exact) mass is 214 g/mol. The molecule has 0 aliphatic rings. The average Bonchev–Trinajstić information content (AvgIpc) is 2.16. The molecule has 0 aliphatic heterocycles. The summed E-state index contributed by atoms with van der Waals surface area (Å²) in [6.07, 6.45) is 0. The molecular formula is C9H10O4S. The zero-order valence-electron chi connectivity index (χ0n) is 7.81. The lowest BCUT2D eigenvalue weighted by Crippen LogP contribution is -1.91. The summed E-state index contributed by atoms with van der Waals surface area (Å²) in [6.45, 7) is 0. The zero-order valence-corrected chi connectivity index (χ0v) is 8.63. The van der Waals surface area contributed by atoms with Crippen molar-refractivity contribution in [3.63, 3.8) is 0 Å². The lowest BCUT2D eigenvalue weighted by molar-refractivity contribution is 0.222. The fraction of sp³-hybridized carbons (Fsp3) is 0.222. The Bertz CT molecular complexity index is 338. The van der Waals surface area contributed by atoms with E-state index in [0.29, 0.717) is 16.4 Å². The van der Waals surface area contributed by atoms with Crippen LogP contribution in [0.5, 0.6) is 11.5 Å². The normalized spacial score (nSPS) is 9.57. The van der Waals surface area contributed by atoms with Gasteiger partial charge in [0.1, 0.15) is 0 Å². The molecule has 1 N–H and O–H groups in total. The Balaban J connectivity index is 2.95. The Kier molecular flexibility index (Phi) is 3.64. The molecule has 4 nitrogen and oxygen atoms in total. The summed E-state index contributed by atoms with van der Waals surface area (Å²) in [7, 11) is 3.04. The first-order chi connectivity index (χ1) is 6.67. The summed E-state index contributed by atoms with van der Waals surface area (Å²) in [6, 6.07) is 4.96. The third kappa shape index (κ3) is 2.56. The van der Waals surface area contributed by atoms with Gasteiger partial charge in [-0.15, -0.1) is 0 Å². The van der Waals surface area contributed by atoms with Gasteiger partial charge in [-0.25, -0.2) is 4.79 Å². The predicted molar refractivity (Wildman–Crippen MR) is 53.4 cm³/mol. The second-order valence-electron chi connectivity index (χ2n) is 2.38. The third-order valence-electron chi connectivity index (χ3n) is 1.56. The van der Waals surface area contributed by atoms with Gasteiger partial charge in [-0.1, -0.05) is 0 Å². The van der Waals surface area contributed by atoms with Crippen LogP contribution in [-0.2, 0) is 0 Å². The van der Waals surface area contributed by atoms with Crippen molar-refractivity contribution in [1.29, 1.82) is 0 Å². The minimum Gasteiger partial charge on any atom is -0.493 e. The molecular weight excluding hydrogens is 204 g/mol. The van der Waals surface area contributed by atoms with E-state index in [0.717, 1.165) is 11.8 Å². The Morgan fingerprint density at radius 1 is 1.29 bits per heavy atom. The van der Waals surface area contributed by atoms with Crippen LogP contribution in [0.3, 0.4) is 0 Å². The predicted octanol–water partition coefficient (Wildman–Crippen LogP) is 2.47. The van der Waals surface area contributed by atoms with E-state index in [2.05, 4.69) is 0 Å². The van der Waals surface area contributed by atoms with E-state index in [-0.39, 0.29) is 0 Å². The Hall–Kier alpha value is -1.36. The van der Waals surface area contributed by atoms with E-state index in [1.54, 1.807) is 18.2 Å². The minimum atomic E-state index is -0.947. The highest BCUT2D eigenvalue weighted by molar-refractivity contribution is 8.13. The fourth-order valence-electron chi connectivity index (χ4n) is 0.981. The molecule has 0 unspecified atom stereocenters. The highest BCUT2D eigenvalue weighted by atomic mass is 32.2. The maximum absolute atomic E-state index is 10.4. The number of hydrogen-bond acceptors (Lipinski definition) is 4. The number of rotatable bonds is 3. The van der Waals surface area contributed by atoms with Gasteiger partial charge in [0.05, 0.1) is 14.2 Å². The van der Waals surface area contributed by atoms with Gasteiger partial charge in [0, 0.05) is 4.90 Å². The molecule has 5 heteroatoms. The smallest absolute Gasteiger partial charge is 0.369 e. The van der Waals surface area contributed by atoms with E-state index in [4.69, 9.17) is 14.6 Å². The zero-order chi connectivity index (χ0) is 10.6. The van der Waals surface area contributed by atoms with Crippen molar-refractivity contribution in [2.24, 2.45) is 0 Å². The summed E-state index contributed by atoms with van der Waals surface area (Å²) in [5, 5.41) is 7.60. The average molecular weight is 214 g/mol. The number of benzene rings is 1. The van der Waals surface area contributed by atoms with Crippen LogP contribution in [0.2, 0.25) is 0 Å². The lowest BCUT2D eigenvalue weighted by atomic mass is 10.3. The first kappa shape index (κ1) is 10.7. The van der Waals surface area contributed by atoms with Gasteiger partial charge in [-0.2, -0.15) is 0 Å². The van der Waals surface area contributed by atoms with Crippen LogP contribution < -0.4 is 9.47 Å². The first-order valence-electron chi connectivity index (χ1n) is 3.80. The van der Waals surface area contributed by atoms with Crippen molar-refractivity contribution in [2.45, 2.75) is 4.90 Å². The first-order valence-corrected chi connectivity index (χ1v) is 4.62. The van der Waals surface area contributed by atoms with Gasteiger partial charge in [-0.05, 0) is 30.0 Å². The van der Waals surface area contributed by atoms with Gasteiger partial charge in [0.25, 0.3) is 0 Å². The number of carboxylic acid groups (broad SMARTS) is 1. The molecule has 1 aromatic rings. The summed E-state index contributed by atoms with van der Waals surface area (Å²) < 4.78 is 10.0.